The lowest BCUT2D eigenvalue weighted by Gasteiger charge is -1.74. The van der Waals surface area contributed by atoms with Gasteiger partial charge in [0.2, 0.25) is 0 Å². The van der Waals surface area contributed by atoms with E-state index in [0.717, 1.165) is 5.92 Å². The van der Waals surface area contributed by atoms with E-state index in [2.05, 4.69) is 18.2 Å². The SMILES string of the molecule is C1=CC2=CC2C1.O=CO. The van der Waals surface area contributed by atoms with Crippen LogP contribution in [0.4, 0.5) is 0 Å². The summed E-state index contributed by atoms with van der Waals surface area (Å²) in [6.07, 6.45) is 8.04. The zero-order valence-corrected chi connectivity index (χ0v) is 4.95. The molecule has 2 aliphatic carbocycles. The van der Waals surface area contributed by atoms with E-state index in [1.165, 1.54) is 6.42 Å². The third-order valence-corrected chi connectivity index (χ3v) is 1.41. The Hall–Kier alpha value is -1.05. The van der Waals surface area contributed by atoms with Crippen LogP contribution < -0.4 is 0 Å². The molecule has 0 bridgehead atoms. The first-order valence-corrected chi connectivity index (χ1v) is 2.84. The number of hydrogen-bond donors (Lipinski definition) is 1. The second-order valence-electron chi connectivity index (χ2n) is 2.02. The maximum Gasteiger partial charge on any atom is 0.290 e. The van der Waals surface area contributed by atoms with Gasteiger partial charge < -0.3 is 5.11 Å². The van der Waals surface area contributed by atoms with Gasteiger partial charge in [-0.15, -0.1) is 0 Å². The molecule has 2 heteroatoms. The van der Waals surface area contributed by atoms with E-state index in [-0.39, 0.29) is 6.47 Å². The molecule has 1 atom stereocenters. The molecule has 0 radical (unpaired) electrons. The van der Waals surface area contributed by atoms with Crippen LogP contribution in [0.15, 0.2) is 23.8 Å². The second kappa shape index (κ2) is 2.49. The van der Waals surface area contributed by atoms with Crippen LogP contribution in [0, 0.1) is 5.92 Å². The molecule has 0 aromatic carbocycles. The molecular weight excluding hydrogens is 116 g/mol. The van der Waals surface area contributed by atoms with Crippen molar-refractivity contribution in [2.75, 3.05) is 0 Å². The molecule has 2 rings (SSSR count). The van der Waals surface area contributed by atoms with Crippen LogP contribution in [0.5, 0.6) is 0 Å². The van der Waals surface area contributed by atoms with Crippen molar-refractivity contribution in [3.63, 3.8) is 0 Å². The first-order chi connectivity index (χ1) is 4.38. The average molecular weight is 124 g/mol. The predicted octanol–water partition coefficient (Wildman–Crippen LogP) is 1.20. The fourth-order valence-electron chi connectivity index (χ4n) is 0.918. The molecule has 0 saturated heterocycles. The monoisotopic (exact) mass is 124 g/mol. The number of rotatable bonds is 0. The van der Waals surface area contributed by atoms with Gasteiger partial charge in [-0.05, 0) is 12.0 Å². The van der Waals surface area contributed by atoms with Crippen molar-refractivity contribution < 1.29 is 9.90 Å². The molecule has 0 heterocycles. The van der Waals surface area contributed by atoms with Crippen molar-refractivity contribution in [3.05, 3.63) is 23.8 Å². The Labute approximate surface area is 53.5 Å². The average Bonchev–Trinajstić information content (AvgIpc) is 2.43. The maximum absolute atomic E-state index is 8.36. The zero-order chi connectivity index (χ0) is 6.69. The lowest BCUT2D eigenvalue weighted by molar-refractivity contribution is -0.122. The van der Waals surface area contributed by atoms with Crippen molar-refractivity contribution >= 4 is 6.47 Å². The van der Waals surface area contributed by atoms with E-state index in [1.54, 1.807) is 5.57 Å². The Bertz CT molecular complexity index is 168. The summed E-state index contributed by atoms with van der Waals surface area (Å²) in [5.41, 5.74) is 1.56. The minimum Gasteiger partial charge on any atom is -0.483 e. The van der Waals surface area contributed by atoms with Crippen LogP contribution in [-0.2, 0) is 4.79 Å². The van der Waals surface area contributed by atoms with E-state index >= 15 is 0 Å². The summed E-state index contributed by atoms with van der Waals surface area (Å²) in [6, 6.07) is 0. The Morgan fingerprint density at radius 2 is 2.44 bits per heavy atom. The van der Waals surface area contributed by atoms with Gasteiger partial charge >= 0.3 is 0 Å². The van der Waals surface area contributed by atoms with E-state index in [9.17, 15) is 0 Å². The first kappa shape index (κ1) is 6.08. The van der Waals surface area contributed by atoms with Crippen LogP contribution in [-0.4, -0.2) is 11.6 Å². The van der Waals surface area contributed by atoms with Gasteiger partial charge in [-0.25, -0.2) is 0 Å². The van der Waals surface area contributed by atoms with Gasteiger partial charge in [0.05, 0.1) is 0 Å². The van der Waals surface area contributed by atoms with Crippen molar-refractivity contribution in [1.82, 2.24) is 0 Å². The molecule has 0 saturated carbocycles. The molecule has 2 aliphatic rings. The normalized spacial score (nSPS) is 25.3. The smallest absolute Gasteiger partial charge is 0.290 e. The lowest BCUT2D eigenvalue weighted by atomic mass is 10.3. The van der Waals surface area contributed by atoms with Crippen LogP contribution in [0.3, 0.4) is 0 Å². The third kappa shape index (κ3) is 1.42. The molecule has 1 N–H and O–H groups in total. The highest BCUT2D eigenvalue weighted by Gasteiger charge is 2.23. The Balaban J connectivity index is 0.000000120. The molecule has 48 valence electrons. The van der Waals surface area contributed by atoms with E-state index in [1.807, 2.05) is 0 Å². The molecule has 0 aromatic heterocycles. The summed E-state index contributed by atoms with van der Waals surface area (Å²) < 4.78 is 0. The predicted molar refractivity (Wildman–Crippen MR) is 34.0 cm³/mol. The molecule has 0 aliphatic heterocycles. The van der Waals surface area contributed by atoms with Crippen LogP contribution >= 0.6 is 0 Å². The molecule has 0 aromatic rings. The summed E-state index contributed by atoms with van der Waals surface area (Å²) in [6.45, 7) is -0.250. The summed E-state index contributed by atoms with van der Waals surface area (Å²) in [4.78, 5) is 8.36. The van der Waals surface area contributed by atoms with Crippen LogP contribution in [0.1, 0.15) is 6.42 Å². The molecule has 0 fully saturated rings. The maximum atomic E-state index is 8.36. The summed E-state index contributed by atoms with van der Waals surface area (Å²) in [5.74, 6) is 0.894. The molecule has 0 amide bonds. The molecule has 2 nitrogen and oxygen atoms in total. The quantitative estimate of drug-likeness (QED) is 0.493. The zero-order valence-electron chi connectivity index (χ0n) is 4.95. The van der Waals surface area contributed by atoms with Crippen LogP contribution in [0.25, 0.3) is 0 Å². The second-order valence-corrected chi connectivity index (χ2v) is 2.02. The number of carboxylic acid groups (broad SMARTS) is 1. The van der Waals surface area contributed by atoms with Gasteiger partial charge in [-0.3, -0.25) is 4.79 Å². The van der Waals surface area contributed by atoms with Crippen molar-refractivity contribution in [3.8, 4) is 0 Å². The molecular formula is C7H8O2. The number of allylic oxidation sites excluding steroid dienone is 4. The molecule has 1 unspecified atom stereocenters. The summed E-state index contributed by atoms with van der Waals surface area (Å²) in [7, 11) is 0. The first-order valence-electron chi connectivity index (χ1n) is 2.84. The van der Waals surface area contributed by atoms with E-state index < -0.39 is 0 Å². The van der Waals surface area contributed by atoms with Crippen molar-refractivity contribution in [2.45, 2.75) is 6.42 Å². The largest absolute Gasteiger partial charge is 0.483 e. The van der Waals surface area contributed by atoms with E-state index in [4.69, 9.17) is 9.90 Å². The van der Waals surface area contributed by atoms with Gasteiger partial charge in [0.25, 0.3) is 6.47 Å². The number of carbonyl (C=O) groups is 1. The van der Waals surface area contributed by atoms with Gasteiger partial charge in [0.1, 0.15) is 0 Å². The highest BCUT2D eigenvalue weighted by Crippen LogP contribution is 2.38. The highest BCUT2D eigenvalue weighted by molar-refractivity contribution is 5.44. The van der Waals surface area contributed by atoms with Crippen molar-refractivity contribution in [1.29, 1.82) is 0 Å². The van der Waals surface area contributed by atoms with Gasteiger partial charge in [0.15, 0.2) is 0 Å². The standard InChI is InChI=1S/C6H6.CH2O2/c1-2-5-4-6(5)3-1;2-1-3/h1-2,4,6H,3H2;1H,(H,2,3). The lowest BCUT2D eigenvalue weighted by Crippen LogP contribution is -1.63. The van der Waals surface area contributed by atoms with Crippen LogP contribution in [0.2, 0.25) is 0 Å². The summed E-state index contributed by atoms with van der Waals surface area (Å²) >= 11 is 0. The Morgan fingerprint density at radius 1 is 1.78 bits per heavy atom. The summed E-state index contributed by atoms with van der Waals surface area (Å²) in [5, 5.41) is 6.89. The number of fused-ring (bicyclic) bond motifs is 1. The van der Waals surface area contributed by atoms with Gasteiger partial charge in [-0.1, -0.05) is 18.2 Å². The minimum atomic E-state index is -0.250. The minimum absolute atomic E-state index is 0.250. The van der Waals surface area contributed by atoms with E-state index in [0.29, 0.717) is 0 Å². The van der Waals surface area contributed by atoms with Crippen molar-refractivity contribution in [2.24, 2.45) is 5.92 Å². The third-order valence-electron chi connectivity index (χ3n) is 1.41. The molecule has 0 spiro atoms. The fraction of sp³-hybridized carbons (Fsp3) is 0.286. The fourth-order valence-corrected chi connectivity index (χ4v) is 0.918. The topological polar surface area (TPSA) is 37.3 Å². The van der Waals surface area contributed by atoms with Gasteiger partial charge in [-0.2, -0.15) is 0 Å². The Kier molecular flexibility index (Phi) is 1.68. The number of hydrogen-bond acceptors (Lipinski definition) is 1. The molecule has 9 heavy (non-hydrogen) atoms. The Morgan fingerprint density at radius 3 is 2.56 bits per heavy atom. The highest BCUT2D eigenvalue weighted by atomic mass is 16.3. The van der Waals surface area contributed by atoms with Gasteiger partial charge in [0, 0.05) is 5.92 Å².